The van der Waals surface area contributed by atoms with E-state index in [0.717, 1.165) is 52.5 Å². The number of hydrogen-bond acceptors (Lipinski definition) is 4. The van der Waals surface area contributed by atoms with Crippen molar-refractivity contribution in [2.45, 2.75) is 19.3 Å². The number of aryl methyl sites for hydroxylation is 1. The number of hydrogen-bond donors (Lipinski definition) is 2. The molecule has 0 fully saturated rings. The third-order valence-corrected chi connectivity index (χ3v) is 6.30. The zero-order valence-electron chi connectivity index (χ0n) is 16.6. The van der Waals surface area contributed by atoms with E-state index in [1.54, 1.807) is 11.3 Å². The van der Waals surface area contributed by atoms with Crippen LogP contribution in [0, 0.1) is 0 Å². The van der Waals surface area contributed by atoms with Gasteiger partial charge < -0.3 is 15.5 Å². The van der Waals surface area contributed by atoms with E-state index in [2.05, 4.69) is 35.3 Å². The number of unbranched alkanes of at least 4 members (excludes halogenated alkanes) is 1. The predicted octanol–water partition coefficient (Wildman–Crippen LogP) is 6.52. The van der Waals surface area contributed by atoms with E-state index in [1.807, 2.05) is 42.5 Å². The van der Waals surface area contributed by atoms with Gasteiger partial charge in [-0.15, -0.1) is 11.3 Å². The van der Waals surface area contributed by atoms with Crippen molar-refractivity contribution in [3.8, 4) is 22.2 Å². The summed E-state index contributed by atoms with van der Waals surface area (Å²) in [6.45, 7) is 0.710. The van der Waals surface area contributed by atoms with Crippen LogP contribution >= 0.6 is 11.3 Å². The molecule has 0 amide bonds. The molecule has 150 valence electrons. The smallest absolute Gasteiger partial charge is 0.141 e. The summed E-state index contributed by atoms with van der Waals surface area (Å²) in [5.41, 5.74) is 10.3. The number of aromatic nitrogens is 2. The Balaban J connectivity index is 1.59. The number of thiazole rings is 1. The number of nitrogens with one attached hydrogen (secondary N) is 1. The van der Waals surface area contributed by atoms with Gasteiger partial charge in [-0.2, -0.15) is 0 Å². The van der Waals surface area contributed by atoms with Gasteiger partial charge in [-0.3, -0.25) is 0 Å². The molecule has 0 spiro atoms. The first-order valence-corrected chi connectivity index (χ1v) is 11.1. The normalized spacial score (nSPS) is 11.4. The highest BCUT2D eigenvalue weighted by molar-refractivity contribution is 7.21. The first-order chi connectivity index (χ1) is 14.8. The van der Waals surface area contributed by atoms with Crippen molar-refractivity contribution < 1.29 is 4.74 Å². The standard InChI is InChI=1S/C25H23N3OS/c26-15-7-6-10-19-20-16-18(29-17-8-2-1-3-9-17)13-14-21(20)27-24(19)25-28-22-11-4-5-12-23(22)30-25/h1-5,8-9,11-14,16,27H,6-7,10,15,26H2. The zero-order chi connectivity index (χ0) is 20.3. The van der Waals surface area contributed by atoms with Gasteiger partial charge >= 0.3 is 0 Å². The van der Waals surface area contributed by atoms with Crippen molar-refractivity contribution in [3.05, 3.63) is 78.4 Å². The maximum absolute atomic E-state index is 6.08. The molecule has 0 radical (unpaired) electrons. The molecule has 0 aliphatic heterocycles. The van der Waals surface area contributed by atoms with Crippen molar-refractivity contribution in [2.24, 2.45) is 5.73 Å². The molecule has 0 saturated heterocycles. The van der Waals surface area contributed by atoms with Gasteiger partial charge in [-0.05, 0) is 73.8 Å². The highest BCUT2D eigenvalue weighted by Gasteiger charge is 2.17. The molecule has 0 saturated carbocycles. The lowest BCUT2D eigenvalue weighted by Crippen LogP contribution is -1.99. The van der Waals surface area contributed by atoms with E-state index in [1.165, 1.54) is 15.6 Å². The highest BCUT2D eigenvalue weighted by atomic mass is 32.1. The van der Waals surface area contributed by atoms with Crippen molar-refractivity contribution >= 4 is 32.5 Å². The second kappa shape index (κ2) is 8.30. The Labute approximate surface area is 179 Å². The van der Waals surface area contributed by atoms with Crippen molar-refractivity contribution in [1.82, 2.24) is 9.97 Å². The number of aromatic amines is 1. The quantitative estimate of drug-likeness (QED) is 0.299. The van der Waals surface area contributed by atoms with Crippen LogP contribution in [0.5, 0.6) is 11.5 Å². The summed E-state index contributed by atoms with van der Waals surface area (Å²) in [4.78, 5) is 8.51. The van der Waals surface area contributed by atoms with E-state index in [-0.39, 0.29) is 0 Å². The third-order valence-electron chi connectivity index (χ3n) is 5.25. The molecule has 3 aromatic carbocycles. The number of fused-ring (bicyclic) bond motifs is 2. The minimum atomic E-state index is 0.710. The molecule has 3 N–H and O–H groups in total. The van der Waals surface area contributed by atoms with Crippen LogP contribution in [0.25, 0.3) is 31.8 Å². The Morgan fingerprint density at radius 3 is 2.57 bits per heavy atom. The van der Waals surface area contributed by atoms with E-state index in [4.69, 9.17) is 15.5 Å². The van der Waals surface area contributed by atoms with E-state index in [9.17, 15) is 0 Å². The maximum atomic E-state index is 6.08. The molecule has 5 aromatic rings. The Kier molecular flexibility index (Phi) is 5.22. The van der Waals surface area contributed by atoms with Crippen LogP contribution in [0.3, 0.4) is 0 Å². The van der Waals surface area contributed by atoms with Gasteiger partial charge in [0.25, 0.3) is 0 Å². The topological polar surface area (TPSA) is 63.9 Å². The van der Waals surface area contributed by atoms with Crippen LogP contribution in [0.2, 0.25) is 0 Å². The number of H-pyrrole nitrogens is 1. The number of nitrogens with zero attached hydrogens (tertiary/aromatic N) is 1. The summed E-state index contributed by atoms with van der Waals surface area (Å²) in [6.07, 6.45) is 3.01. The van der Waals surface area contributed by atoms with Crippen LogP contribution in [-0.4, -0.2) is 16.5 Å². The monoisotopic (exact) mass is 413 g/mol. The maximum Gasteiger partial charge on any atom is 0.141 e. The minimum absolute atomic E-state index is 0.710. The van der Waals surface area contributed by atoms with E-state index in [0.29, 0.717) is 6.54 Å². The number of benzene rings is 3. The van der Waals surface area contributed by atoms with Crippen LogP contribution in [0.15, 0.2) is 72.8 Å². The Morgan fingerprint density at radius 1 is 0.900 bits per heavy atom. The fraction of sp³-hybridized carbons (Fsp3) is 0.160. The first-order valence-electron chi connectivity index (χ1n) is 10.3. The number of ether oxygens (including phenoxy) is 1. The van der Waals surface area contributed by atoms with Gasteiger partial charge in [-0.25, -0.2) is 4.98 Å². The van der Waals surface area contributed by atoms with Gasteiger partial charge in [-0.1, -0.05) is 30.3 Å². The number of nitrogens with two attached hydrogens (primary N) is 1. The Bertz CT molecular complexity index is 1260. The second-order valence-corrected chi connectivity index (χ2v) is 8.36. The molecule has 0 aliphatic carbocycles. The number of rotatable bonds is 7. The van der Waals surface area contributed by atoms with Gasteiger partial charge in [0.15, 0.2) is 0 Å². The van der Waals surface area contributed by atoms with Gasteiger partial charge in [0.05, 0.1) is 15.9 Å². The fourth-order valence-electron chi connectivity index (χ4n) is 3.78. The van der Waals surface area contributed by atoms with Crippen LogP contribution in [0.1, 0.15) is 18.4 Å². The first kappa shape index (κ1) is 18.9. The van der Waals surface area contributed by atoms with Crippen LogP contribution in [0.4, 0.5) is 0 Å². The molecule has 0 aliphatic rings. The molecule has 2 heterocycles. The summed E-state index contributed by atoms with van der Waals surface area (Å²) in [5.74, 6) is 1.67. The van der Waals surface area contributed by atoms with Gasteiger partial charge in [0.2, 0.25) is 0 Å². The zero-order valence-corrected chi connectivity index (χ0v) is 17.4. The molecular formula is C25H23N3OS. The van der Waals surface area contributed by atoms with Crippen molar-refractivity contribution in [2.75, 3.05) is 6.54 Å². The van der Waals surface area contributed by atoms with Crippen LogP contribution in [-0.2, 0) is 6.42 Å². The lowest BCUT2D eigenvalue weighted by atomic mass is 10.0. The predicted molar refractivity (Wildman–Crippen MR) is 125 cm³/mol. The summed E-state index contributed by atoms with van der Waals surface area (Å²) in [7, 11) is 0. The molecule has 30 heavy (non-hydrogen) atoms. The average Bonchev–Trinajstić information content (AvgIpc) is 3.36. The molecule has 0 bridgehead atoms. The summed E-state index contributed by atoms with van der Waals surface area (Å²) < 4.78 is 7.28. The lowest BCUT2D eigenvalue weighted by molar-refractivity contribution is 0.483. The third kappa shape index (κ3) is 3.70. The fourth-order valence-corrected chi connectivity index (χ4v) is 4.78. The molecule has 4 nitrogen and oxygen atoms in total. The largest absolute Gasteiger partial charge is 0.457 e. The number of para-hydroxylation sites is 2. The molecule has 2 aromatic heterocycles. The summed E-state index contributed by atoms with van der Waals surface area (Å²) in [6, 6.07) is 24.4. The average molecular weight is 414 g/mol. The SMILES string of the molecule is NCCCCc1c(-c2nc3ccccc3s2)[nH]c2ccc(Oc3ccccc3)cc12. The molecule has 5 heteroatoms. The molecule has 0 unspecified atom stereocenters. The molecule has 5 rings (SSSR count). The van der Waals surface area contributed by atoms with E-state index < -0.39 is 0 Å². The molecular weight excluding hydrogens is 390 g/mol. The lowest BCUT2D eigenvalue weighted by Gasteiger charge is -2.07. The molecule has 0 atom stereocenters. The Hall–Kier alpha value is -3.15. The minimum Gasteiger partial charge on any atom is -0.457 e. The van der Waals surface area contributed by atoms with E-state index >= 15 is 0 Å². The summed E-state index contributed by atoms with van der Waals surface area (Å²) >= 11 is 1.73. The summed E-state index contributed by atoms with van der Waals surface area (Å²) in [5, 5.41) is 2.22. The van der Waals surface area contributed by atoms with Crippen molar-refractivity contribution in [3.63, 3.8) is 0 Å². The van der Waals surface area contributed by atoms with Gasteiger partial charge in [0.1, 0.15) is 16.5 Å². The Morgan fingerprint density at radius 2 is 1.73 bits per heavy atom. The second-order valence-electron chi connectivity index (χ2n) is 7.33. The van der Waals surface area contributed by atoms with Crippen LogP contribution < -0.4 is 10.5 Å². The van der Waals surface area contributed by atoms with Gasteiger partial charge in [0, 0.05) is 10.9 Å². The highest BCUT2D eigenvalue weighted by Crippen LogP contribution is 2.37. The van der Waals surface area contributed by atoms with Crippen molar-refractivity contribution in [1.29, 1.82) is 0 Å².